The van der Waals surface area contributed by atoms with E-state index in [9.17, 15) is 26.0 Å². The number of halogens is 5. The first-order valence-corrected chi connectivity index (χ1v) is 8.56. The van der Waals surface area contributed by atoms with E-state index in [2.05, 4.69) is 15.9 Å². The summed E-state index contributed by atoms with van der Waals surface area (Å²) in [4.78, 5) is -0.351. The molecule has 0 radical (unpaired) electrons. The molecule has 1 N–H and O–H groups in total. The second kappa shape index (κ2) is 6.60. The Labute approximate surface area is 143 Å². The van der Waals surface area contributed by atoms with Gasteiger partial charge in [-0.25, -0.2) is 12.8 Å². The van der Waals surface area contributed by atoms with Gasteiger partial charge in [0.25, 0.3) is 10.0 Å². The smallest absolute Gasteiger partial charge is 0.419 e. The van der Waals surface area contributed by atoms with E-state index in [1.54, 1.807) is 0 Å². The number of sulfonamides is 1. The number of benzene rings is 2. The van der Waals surface area contributed by atoms with Crippen LogP contribution in [0.25, 0.3) is 0 Å². The van der Waals surface area contributed by atoms with E-state index >= 15 is 0 Å². The molecule has 0 aliphatic rings. The predicted octanol–water partition coefficient (Wildman–Crippen LogP) is 4.42. The first kappa shape index (κ1) is 18.5. The fraction of sp³-hybridized carbons (Fsp3) is 0.143. The molecule has 2 aromatic rings. The normalized spacial score (nSPS) is 12.1. The summed E-state index contributed by atoms with van der Waals surface area (Å²) < 4.78 is 84.0. The van der Waals surface area contributed by atoms with Gasteiger partial charge in [0.1, 0.15) is 10.6 Å². The second-order valence-electron chi connectivity index (χ2n) is 4.57. The molecule has 2 aromatic carbocycles. The van der Waals surface area contributed by atoms with Gasteiger partial charge in [0.05, 0.1) is 18.4 Å². The van der Waals surface area contributed by atoms with E-state index in [-0.39, 0.29) is 10.6 Å². The number of hydrogen-bond donors (Lipinski definition) is 1. The van der Waals surface area contributed by atoms with Gasteiger partial charge < -0.3 is 4.74 Å². The highest BCUT2D eigenvalue weighted by Crippen LogP contribution is 2.35. The van der Waals surface area contributed by atoms with Crippen LogP contribution < -0.4 is 9.46 Å². The van der Waals surface area contributed by atoms with E-state index < -0.39 is 33.3 Å². The third kappa shape index (κ3) is 3.81. The Morgan fingerprint density at radius 3 is 2.42 bits per heavy atom. The Hall–Kier alpha value is -1.81. The van der Waals surface area contributed by atoms with Crippen LogP contribution in [0.4, 0.5) is 23.2 Å². The van der Waals surface area contributed by atoms with Gasteiger partial charge in [-0.1, -0.05) is 22.0 Å². The fourth-order valence-corrected chi connectivity index (χ4v) is 3.66. The average molecular weight is 428 g/mol. The van der Waals surface area contributed by atoms with Crippen LogP contribution in [0.3, 0.4) is 0 Å². The van der Waals surface area contributed by atoms with E-state index in [0.717, 1.165) is 12.1 Å². The zero-order valence-electron chi connectivity index (χ0n) is 12.0. The molecule has 0 aliphatic heterocycles. The highest BCUT2D eigenvalue weighted by Gasteiger charge is 2.35. The van der Waals surface area contributed by atoms with Gasteiger partial charge in [0, 0.05) is 4.47 Å². The lowest BCUT2D eigenvalue weighted by molar-refractivity contribution is -0.139. The van der Waals surface area contributed by atoms with Crippen molar-refractivity contribution in [3.8, 4) is 5.75 Å². The van der Waals surface area contributed by atoms with E-state index in [1.165, 1.54) is 25.3 Å². The Balaban J connectivity index is 2.50. The quantitative estimate of drug-likeness (QED) is 0.734. The lowest BCUT2D eigenvalue weighted by Crippen LogP contribution is -2.17. The molecule has 0 unspecified atom stereocenters. The molecule has 0 heterocycles. The zero-order valence-corrected chi connectivity index (χ0v) is 14.4. The second-order valence-corrected chi connectivity index (χ2v) is 7.13. The minimum Gasteiger partial charge on any atom is -0.495 e. The molecule has 24 heavy (non-hydrogen) atoms. The molecule has 0 amide bonds. The van der Waals surface area contributed by atoms with Crippen LogP contribution >= 0.6 is 15.9 Å². The largest absolute Gasteiger partial charge is 0.495 e. The molecule has 0 aromatic heterocycles. The lowest BCUT2D eigenvalue weighted by atomic mass is 10.2. The van der Waals surface area contributed by atoms with Crippen molar-refractivity contribution in [3.05, 3.63) is 52.3 Å². The maximum atomic E-state index is 14.0. The minimum absolute atomic E-state index is 0.0434. The predicted molar refractivity (Wildman–Crippen MR) is 82.9 cm³/mol. The number of hydrogen-bond acceptors (Lipinski definition) is 3. The zero-order chi connectivity index (χ0) is 18.1. The Bertz CT molecular complexity index is 869. The molecular formula is C14H10BrF4NO3S. The van der Waals surface area contributed by atoms with Gasteiger partial charge in [-0.05, 0) is 30.3 Å². The van der Waals surface area contributed by atoms with E-state index in [0.29, 0.717) is 10.5 Å². The van der Waals surface area contributed by atoms with Crippen molar-refractivity contribution in [1.29, 1.82) is 0 Å². The molecule has 0 atom stereocenters. The monoisotopic (exact) mass is 427 g/mol. The fourth-order valence-electron chi connectivity index (χ4n) is 1.89. The molecule has 0 spiro atoms. The highest BCUT2D eigenvalue weighted by atomic mass is 79.9. The number of rotatable bonds is 4. The number of ether oxygens (including phenoxy) is 1. The summed E-state index contributed by atoms with van der Waals surface area (Å²) in [5.41, 5.74) is -2.38. The van der Waals surface area contributed by atoms with Crippen molar-refractivity contribution in [2.75, 3.05) is 11.8 Å². The molecule has 0 fully saturated rings. The summed E-state index contributed by atoms with van der Waals surface area (Å²) in [7, 11) is -3.15. The molecule has 2 rings (SSSR count). The summed E-state index contributed by atoms with van der Waals surface area (Å²) in [5.74, 6) is -1.75. The van der Waals surface area contributed by atoms with Gasteiger partial charge in [0.2, 0.25) is 0 Å². The van der Waals surface area contributed by atoms with Crippen LogP contribution in [-0.4, -0.2) is 15.5 Å². The molecule has 130 valence electrons. The molecule has 0 aliphatic carbocycles. The number of methoxy groups -OCH3 is 1. The maximum Gasteiger partial charge on any atom is 0.419 e. The van der Waals surface area contributed by atoms with Crippen molar-refractivity contribution in [2.45, 2.75) is 11.1 Å². The summed E-state index contributed by atoms with van der Waals surface area (Å²) in [6.45, 7) is 0. The molecule has 0 bridgehead atoms. The van der Waals surface area contributed by atoms with Gasteiger partial charge in [-0.3, -0.25) is 4.72 Å². The highest BCUT2D eigenvalue weighted by molar-refractivity contribution is 9.10. The van der Waals surface area contributed by atoms with Crippen molar-refractivity contribution >= 4 is 31.6 Å². The summed E-state index contributed by atoms with van der Waals surface area (Å²) >= 11 is 3.08. The molecule has 10 heteroatoms. The summed E-state index contributed by atoms with van der Waals surface area (Å²) in [6, 6.07) is 6.37. The standard InChI is InChI=1S/C14H10BrF4NO3S/c1-23-11-6-5-8(15)7-12(11)24(21,22)20-10-4-2-3-9(13(10)16)14(17,18)19/h2-7,20H,1H3. The first-order valence-electron chi connectivity index (χ1n) is 6.28. The van der Waals surface area contributed by atoms with Gasteiger partial charge >= 0.3 is 6.18 Å². The van der Waals surface area contributed by atoms with Crippen LogP contribution in [0.15, 0.2) is 45.8 Å². The summed E-state index contributed by atoms with van der Waals surface area (Å²) in [5, 5.41) is 0. The van der Waals surface area contributed by atoms with Crippen molar-refractivity contribution in [3.63, 3.8) is 0 Å². The van der Waals surface area contributed by atoms with Crippen molar-refractivity contribution < 1.29 is 30.7 Å². The van der Waals surface area contributed by atoms with Crippen LogP contribution in [-0.2, 0) is 16.2 Å². The molecule has 4 nitrogen and oxygen atoms in total. The van der Waals surface area contributed by atoms with Gasteiger partial charge in [-0.2, -0.15) is 13.2 Å². The van der Waals surface area contributed by atoms with E-state index in [1.807, 2.05) is 4.72 Å². The third-order valence-corrected chi connectivity index (χ3v) is 4.84. The minimum atomic E-state index is -4.95. The van der Waals surface area contributed by atoms with Gasteiger partial charge in [0.15, 0.2) is 5.82 Å². The molecule has 0 saturated carbocycles. The summed E-state index contributed by atoms with van der Waals surface area (Å²) in [6.07, 6.45) is -4.95. The Kier molecular flexibility index (Phi) is 5.09. The van der Waals surface area contributed by atoms with Crippen molar-refractivity contribution in [2.24, 2.45) is 0 Å². The van der Waals surface area contributed by atoms with E-state index in [4.69, 9.17) is 4.74 Å². The Morgan fingerprint density at radius 1 is 1.17 bits per heavy atom. The van der Waals surface area contributed by atoms with Crippen LogP contribution in [0, 0.1) is 5.82 Å². The topological polar surface area (TPSA) is 55.4 Å². The number of alkyl halides is 3. The molecular weight excluding hydrogens is 418 g/mol. The van der Waals surface area contributed by atoms with Crippen LogP contribution in [0.5, 0.6) is 5.75 Å². The lowest BCUT2D eigenvalue weighted by Gasteiger charge is -2.14. The maximum absolute atomic E-state index is 14.0. The SMILES string of the molecule is COc1ccc(Br)cc1S(=O)(=O)Nc1cccc(C(F)(F)F)c1F. The first-order chi connectivity index (χ1) is 11.1. The average Bonchev–Trinajstić information content (AvgIpc) is 2.48. The number of anilines is 1. The third-order valence-electron chi connectivity index (χ3n) is 2.96. The number of nitrogens with one attached hydrogen (secondary N) is 1. The van der Waals surface area contributed by atoms with Gasteiger partial charge in [-0.15, -0.1) is 0 Å². The van der Waals surface area contributed by atoms with Crippen molar-refractivity contribution in [1.82, 2.24) is 0 Å². The van der Waals surface area contributed by atoms with Crippen LogP contribution in [0.1, 0.15) is 5.56 Å². The Morgan fingerprint density at radius 2 is 1.83 bits per heavy atom. The molecule has 0 saturated heterocycles. The van der Waals surface area contributed by atoms with Crippen LogP contribution in [0.2, 0.25) is 0 Å².